The molecule has 0 fully saturated rings. The van der Waals surface area contributed by atoms with Gasteiger partial charge in [-0.15, -0.1) is 0 Å². The number of carbonyl (C=O) groups is 2. The standard InChI is InChI=1S/C8H15NO2/c1-3-5-6-9-8(11)7(10)4-2/h3-6H2,1-2H3,(H,9,11). The van der Waals surface area contributed by atoms with Crippen molar-refractivity contribution in [2.24, 2.45) is 0 Å². The molecule has 0 aromatic carbocycles. The second-order valence-corrected chi connectivity index (χ2v) is 2.39. The highest BCUT2D eigenvalue weighted by Crippen LogP contribution is 1.84. The van der Waals surface area contributed by atoms with Crippen LogP contribution in [0.3, 0.4) is 0 Å². The van der Waals surface area contributed by atoms with Crippen LogP contribution >= 0.6 is 0 Å². The summed E-state index contributed by atoms with van der Waals surface area (Å²) in [5.74, 6) is -0.776. The number of carbonyl (C=O) groups excluding carboxylic acids is 2. The van der Waals surface area contributed by atoms with Gasteiger partial charge in [0.05, 0.1) is 0 Å². The van der Waals surface area contributed by atoms with Crippen LogP contribution in [0.1, 0.15) is 33.1 Å². The molecule has 1 amide bonds. The van der Waals surface area contributed by atoms with E-state index in [4.69, 9.17) is 0 Å². The summed E-state index contributed by atoms with van der Waals surface area (Å²) in [6, 6.07) is 0. The van der Waals surface area contributed by atoms with Crippen LogP contribution in [-0.2, 0) is 9.59 Å². The number of unbranched alkanes of at least 4 members (excludes halogenated alkanes) is 1. The first-order valence-electron chi connectivity index (χ1n) is 4.03. The average molecular weight is 157 g/mol. The van der Waals surface area contributed by atoms with Crippen molar-refractivity contribution in [1.82, 2.24) is 5.32 Å². The summed E-state index contributed by atoms with van der Waals surface area (Å²) >= 11 is 0. The second-order valence-electron chi connectivity index (χ2n) is 2.39. The van der Waals surface area contributed by atoms with Crippen LogP contribution in [0.15, 0.2) is 0 Å². The Balaban J connectivity index is 3.44. The maximum absolute atomic E-state index is 10.8. The highest BCUT2D eigenvalue weighted by molar-refractivity contribution is 6.36. The van der Waals surface area contributed by atoms with Crippen LogP contribution < -0.4 is 5.32 Å². The van der Waals surface area contributed by atoms with E-state index in [1.54, 1.807) is 6.92 Å². The molecule has 0 radical (unpaired) electrons. The van der Waals surface area contributed by atoms with Gasteiger partial charge < -0.3 is 5.32 Å². The molecular formula is C8H15NO2. The molecule has 0 aromatic heterocycles. The maximum Gasteiger partial charge on any atom is 0.287 e. The van der Waals surface area contributed by atoms with E-state index in [1.807, 2.05) is 6.92 Å². The van der Waals surface area contributed by atoms with Gasteiger partial charge in [-0.05, 0) is 6.42 Å². The Morgan fingerprint density at radius 2 is 1.91 bits per heavy atom. The summed E-state index contributed by atoms with van der Waals surface area (Å²) in [6.07, 6.45) is 2.25. The molecule has 0 atom stereocenters. The van der Waals surface area contributed by atoms with Gasteiger partial charge in [-0.25, -0.2) is 0 Å². The lowest BCUT2D eigenvalue weighted by Gasteiger charge is -2.00. The first-order valence-corrected chi connectivity index (χ1v) is 4.03. The van der Waals surface area contributed by atoms with Gasteiger partial charge in [0.15, 0.2) is 0 Å². The minimum atomic E-state index is -0.444. The summed E-state index contributed by atoms with van der Waals surface area (Å²) in [6.45, 7) is 4.33. The number of nitrogens with one attached hydrogen (secondary N) is 1. The molecule has 0 heterocycles. The van der Waals surface area contributed by atoms with Crippen molar-refractivity contribution < 1.29 is 9.59 Å². The van der Waals surface area contributed by atoms with E-state index in [0.29, 0.717) is 6.54 Å². The second kappa shape index (κ2) is 5.89. The summed E-state index contributed by atoms with van der Waals surface area (Å²) in [5, 5.41) is 2.55. The lowest BCUT2D eigenvalue weighted by molar-refractivity contribution is -0.137. The SMILES string of the molecule is CCCCNC(=O)C(=O)CC. The Labute approximate surface area is 67.2 Å². The van der Waals surface area contributed by atoms with Crippen LogP contribution in [-0.4, -0.2) is 18.2 Å². The van der Waals surface area contributed by atoms with Crippen molar-refractivity contribution in [2.45, 2.75) is 33.1 Å². The molecule has 11 heavy (non-hydrogen) atoms. The molecule has 0 aliphatic rings. The fourth-order valence-electron chi connectivity index (χ4n) is 0.638. The molecule has 0 bridgehead atoms. The average Bonchev–Trinajstić information content (AvgIpc) is 2.03. The van der Waals surface area contributed by atoms with Crippen LogP contribution in [0.25, 0.3) is 0 Å². The van der Waals surface area contributed by atoms with Gasteiger partial charge in [0, 0.05) is 13.0 Å². The van der Waals surface area contributed by atoms with Gasteiger partial charge in [0.1, 0.15) is 0 Å². The number of amides is 1. The largest absolute Gasteiger partial charge is 0.350 e. The fourth-order valence-corrected chi connectivity index (χ4v) is 0.638. The van der Waals surface area contributed by atoms with Gasteiger partial charge in [-0.1, -0.05) is 20.3 Å². The Hall–Kier alpha value is -0.860. The zero-order valence-corrected chi connectivity index (χ0v) is 7.14. The van der Waals surface area contributed by atoms with Gasteiger partial charge in [0.2, 0.25) is 5.78 Å². The molecule has 0 aromatic rings. The van der Waals surface area contributed by atoms with Crippen molar-refractivity contribution in [3.63, 3.8) is 0 Å². The third-order valence-electron chi connectivity index (χ3n) is 1.39. The van der Waals surface area contributed by atoms with Gasteiger partial charge >= 0.3 is 0 Å². The molecule has 1 N–H and O–H groups in total. The molecule has 0 unspecified atom stereocenters. The van der Waals surface area contributed by atoms with Crippen molar-refractivity contribution >= 4 is 11.7 Å². The number of Topliss-reactive ketones (excluding diaryl/α,β-unsaturated/α-hetero) is 1. The third kappa shape index (κ3) is 4.53. The minimum absolute atomic E-state index is 0.290. The Morgan fingerprint density at radius 1 is 1.27 bits per heavy atom. The normalized spacial score (nSPS) is 9.27. The third-order valence-corrected chi connectivity index (χ3v) is 1.39. The molecular weight excluding hydrogens is 142 g/mol. The van der Waals surface area contributed by atoms with E-state index in [1.165, 1.54) is 0 Å². The van der Waals surface area contributed by atoms with Gasteiger partial charge in [-0.3, -0.25) is 9.59 Å². The number of ketones is 1. The molecule has 0 saturated heterocycles. The predicted molar refractivity (Wildman–Crippen MR) is 43.2 cm³/mol. The quantitative estimate of drug-likeness (QED) is 0.475. The zero-order valence-electron chi connectivity index (χ0n) is 7.14. The van der Waals surface area contributed by atoms with Crippen molar-refractivity contribution in [2.75, 3.05) is 6.54 Å². The molecule has 64 valence electrons. The number of rotatable bonds is 5. The summed E-state index contributed by atoms with van der Waals surface area (Å²) < 4.78 is 0. The van der Waals surface area contributed by atoms with E-state index in [2.05, 4.69) is 5.32 Å². The van der Waals surface area contributed by atoms with E-state index in [-0.39, 0.29) is 12.2 Å². The number of hydrogen-bond acceptors (Lipinski definition) is 2. The minimum Gasteiger partial charge on any atom is -0.350 e. The van der Waals surface area contributed by atoms with Gasteiger partial charge in [0.25, 0.3) is 5.91 Å². The molecule has 0 aliphatic carbocycles. The zero-order chi connectivity index (χ0) is 8.69. The molecule has 3 nitrogen and oxygen atoms in total. The maximum atomic E-state index is 10.8. The molecule has 3 heteroatoms. The van der Waals surface area contributed by atoms with Crippen LogP contribution in [0.2, 0.25) is 0 Å². The highest BCUT2D eigenvalue weighted by atomic mass is 16.2. The van der Waals surface area contributed by atoms with Crippen molar-refractivity contribution in [3.8, 4) is 0 Å². The van der Waals surface area contributed by atoms with Crippen LogP contribution in [0.5, 0.6) is 0 Å². The highest BCUT2D eigenvalue weighted by Gasteiger charge is 2.08. The topological polar surface area (TPSA) is 46.2 Å². The molecule has 0 saturated carbocycles. The fraction of sp³-hybridized carbons (Fsp3) is 0.750. The summed E-state index contributed by atoms with van der Waals surface area (Å²) in [7, 11) is 0. The molecule has 0 rings (SSSR count). The first kappa shape index (κ1) is 10.1. The summed E-state index contributed by atoms with van der Waals surface area (Å²) in [5.41, 5.74) is 0. The van der Waals surface area contributed by atoms with Gasteiger partial charge in [-0.2, -0.15) is 0 Å². The Morgan fingerprint density at radius 3 is 2.36 bits per heavy atom. The van der Waals surface area contributed by atoms with Crippen molar-refractivity contribution in [3.05, 3.63) is 0 Å². The summed E-state index contributed by atoms with van der Waals surface area (Å²) in [4.78, 5) is 21.5. The first-order chi connectivity index (χ1) is 5.22. The lowest BCUT2D eigenvalue weighted by Crippen LogP contribution is -2.31. The predicted octanol–water partition coefficient (Wildman–Crippen LogP) is 0.882. The van der Waals surface area contributed by atoms with E-state index >= 15 is 0 Å². The van der Waals surface area contributed by atoms with Crippen LogP contribution in [0, 0.1) is 0 Å². The smallest absolute Gasteiger partial charge is 0.287 e. The van der Waals surface area contributed by atoms with E-state index in [0.717, 1.165) is 12.8 Å². The van der Waals surface area contributed by atoms with Crippen LogP contribution in [0.4, 0.5) is 0 Å². The van der Waals surface area contributed by atoms with Crippen molar-refractivity contribution in [1.29, 1.82) is 0 Å². The monoisotopic (exact) mass is 157 g/mol. The van der Waals surface area contributed by atoms with E-state index in [9.17, 15) is 9.59 Å². The molecule has 0 aliphatic heterocycles. The lowest BCUT2D eigenvalue weighted by atomic mass is 10.3. The number of hydrogen-bond donors (Lipinski definition) is 1. The Kier molecular flexibility index (Phi) is 5.43. The molecule has 0 spiro atoms. The Bertz CT molecular complexity index is 143. The van der Waals surface area contributed by atoms with E-state index < -0.39 is 5.91 Å².